The van der Waals surface area contributed by atoms with Gasteiger partial charge >= 0.3 is 0 Å². The van der Waals surface area contributed by atoms with E-state index >= 15 is 0 Å². The second kappa shape index (κ2) is 5.66. The number of rotatable bonds is 2. The van der Waals surface area contributed by atoms with Crippen LogP contribution in [0.1, 0.15) is 72.1 Å². The van der Waals surface area contributed by atoms with Gasteiger partial charge in [0.15, 0.2) is 0 Å². The molecule has 0 aromatic carbocycles. The lowest BCUT2D eigenvalue weighted by atomic mass is 9.45. The minimum absolute atomic E-state index is 0.0112. The lowest BCUT2D eigenvalue weighted by Crippen LogP contribution is -2.55. The first-order valence-electron chi connectivity index (χ1n) is 10.3. The molecule has 0 amide bonds. The Morgan fingerprint density at radius 2 is 1.88 bits per heavy atom. The zero-order valence-electron chi connectivity index (χ0n) is 16.1. The first-order chi connectivity index (χ1) is 11.8. The summed E-state index contributed by atoms with van der Waals surface area (Å²) in [6.07, 6.45) is 10.4. The van der Waals surface area contributed by atoms with Crippen LogP contribution in [0.25, 0.3) is 0 Å². The summed E-state index contributed by atoms with van der Waals surface area (Å²) in [6, 6.07) is 0. The van der Waals surface area contributed by atoms with Gasteiger partial charge in [0.2, 0.25) is 0 Å². The fraction of sp³-hybridized carbons (Fsp3) is 0.864. The molecule has 0 aromatic heterocycles. The van der Waals surface area contributed by atoms with Gasteiger partial charge in [-0.2, -0.15) is 0 Å². The second-order valence-electron chi connectivity index (χ2n) is 9.95. The molecular formula is C22H34O3. The summed E-state index contributed by atoms with van der Waals surface area (Å²) in [5, 5.41) is 20.3. The summed E-state index contributed by atoms with van der Waals surface area (Å²) < 4.78 is 0. The van der Waals surface area contributed by atoms with Gasteiger partial charge < -0.3 is 10.2 Å². The fourth-order valence-corrected chi connectivity index (χ4v) is 7.73. The molecule has 3 nitrogen and oxygen atoms in total. The van der Waals surface area contributed by atoms with Crippen molar-refractivity contribution >= 4 is 5.78 Å². The molecule has 0 radical (unpaired) electrons. The van der Waals surface area contributed by atoms with Crippen molar-refractivity contribution < 1.29 is 15.0 Å². The Labute approximate surface area is 151 Å². The molecule has 0 bridgehead atoms. The van der Waals surface area contributed by atoms with Crippen LogP contribution in [-0.4, -0.2) is 28.7 Å². The molecule has 25 heavy (non-hydrogen) atoms. The number of fused-ring (bicyclic) bond motifs is 5. The van der Waals surface area contributed by atoms with E-state index < -0.39 is 5.41 Å². The highest BCUT2D eigenvalue weighted by Gasteiger charge is 2.65. The Hall–Kier alpha value is -0.670. The third-order valence-corrected chi connectivity index (χ3v) is 9.39. The number of carbonyl (C=O) groups excluding carboxylic acids is 1. The average molecular weight is 347 g/mol. The van der Waals surface area contributed by atoms with Gasteiger partial charge in [-0.25, -0.2) is 0 Å². The molecule has 3 fully saturated rings. The predicted octanol–water partition coefficient (Wildman–Crippen LogP) is 3.88. The average Bonchev–Trinajstić information content (AvgIpc) is 2.89. The summed E-state index contributed by atoms with van der Waals surface area (Å²) in [5.41, 5.74) is 1.17. The molecule has 2 N–H and O–H groups in total. The fourth-order valence-electron chi connectivity index (χ4n) is 7.73. The molecule has 0 saturated heterocycles. The summed E-state index contributed by atoms with van der Waals surface area (Å²) >= 11 is 0. The summed E-state index contributed by atoms with van der Waals surface area (Å²) in [5.74, 6) is 2.05. The summed E-state index contributed by atoms with van der Waals surface area (Å²) in [6.45, 7) is 6.43. The van der Waals surface area contributed by atoms with Crippen LogP contribution in [0.3, 0.4) is 0 Å². The van der Waals surface area contributed by atoms with Crippen LogP contribution in [-0.2, 0) is 4.79 Å². The van der Waals surface area contributed by atoms with Crippen molar-refractivity contribution in [1.82, 2.24) is 0 Å². The molecule has 0 aliphatic heterocycles. The second-order valence-corrected chi connectivity index (χ2v) is 9.95. The SMILES string of the molecule is CC(=O)[C@@]1(CO)CC[C@H]2[C@@H]3CC=C4C[C@@H](O)CC[C@]4(C)[C@H]3CC[C@@]21C. The van der Waals surface area contributed by atoms with Crippen molar-refractivity contribution in [3.63, 3.8) is 0 Å². The minimum atomic E-state index is -0.518. The number of hydrogen-bond acceptors (Lipinski definition) is 3. The van der Waals surface area contributed by atoms with Crippen molar-refractivity contribution in [3.8, 4) is 0 Å². The number of aliphatic hydroxyl groups is 2. The molecule has 3 heteroatoms. The molecule has 140 valence electrons. The summed E-state index contributed by atoms with van der Waals surface area (Å²) in [4.78, 5) is 12.5. The molecule has 0 heterocycles. The number of hydrogen-bond donors (Lipinski definition) is 2. The highest BCUT2D eigenvalue weighted by atomic mass is 16.3. The van der Waals surface area contributed by atoms with E-state index in [1.54, 1.807) is 6.92 Å². The van der Waals surface area contributed by atoms with Crippen LogP contribution in [0.5, 0.6) is 0 Å². The van der Waals surface area contributed by atoms with E-state index in [1.807, 2.05) is 0 Å². The number of Topliss-reactive ketones (excluding diaryl/α,β-unsaturated/α-hetero) is 1. The number of ketones is 1. The molecule has 4 rings (SSSR count). The highest BCUT2D eigenvalue weighted by Crippen LogP contribution is 2.69. The maximum atomic E-state index is 12.5. The zero-order valence-corrected chi connectivity index (χ0v) is 16.1. The van der Waals surface area contributed by atoms with Crippen molar-refractivity contribution in [2.24, 2.45) is 34.0 Å². The Morgan fingerprint density at radius 3 is 2.56 bits per heavy atom. The Morgan fingerprint density at radius 1 is 1.16 bits per heavy atom. The zero-order chi connectivity index (χ0) is 18.0. The largest absolute Gasteiger partial charge is 0.395 e. The Kier molecular flexibility index (Phi) is 4.01. The van der Waals surface area contributed by atoms with E-state index in [2.05, 4.69) is 19.9 Å². The van der Waals surface area contributed by atoms with Crippen molar-refractivity contribution in [2.75, 3.05) is 6.61 Å². The van der Waals surface area contributed by atoms with Gasteiger partial charge in [0.25, 0.3) is 0 Å². The van der Waals surface area contributed by atoms with Crippen LogP contribution in [0, 0.1) is 34.0 Å². The maximum absolute atomic E-state index is 12.5. The first kappa shape index (κ1) is 17.7. The van der Waals surface area contributed by atoms with Gasteiger partial charge in [-0.05, 0) is 86.9 Å². The molecule has 3 saturated carbocycles. The van der Waals surface area contributed by atoms with Gasteiger partial charge in [0.1, 0.15) is 5.78 Å². The molecule has 4 aliphatic carbocycles. The molecule has 4 aliphatic rings. The third kappa shape index (κ3) is 2.15. The molecular weight excluding hydrogens is 312 g/mol. The van der Waals surface area contributed by atoms with E-state index in [-0.39, 0.29) is 29.3 Å². The van der Waals surface area contributed by atoms with E-state index in [1.165, 1.54) is 5.57 Å². The quantitative estimate of drug-likeness (QED) is 0.746. The minimum Gasteiger partial charge on any atom is -0.395 e. The van der Waals surface area contributed by atoms with Crippen LogP contribution < -0.4 is 0 Å². The maximum Gasteiger partial charge on any atom is 0.138 e. The van der Waals surface area contributed by atoms with E-state index in [4.69, 9.17) is 0 Å². The third-order valence-electron chi connectivity index (χ3n) is 9.39. The summed E-state index contributed by atoms with van der Waals surface area (Å²) in [7, 11) is 0. The van der Waals surface area contributed by atoms with E-state index in [0.717, 1.165) is 51.4 Å². The van der Waals surface area contributed by atoms with Gasteiger partial charge in [0, 0.05) is 0 Å². The van der Waals surface area contributed by atoms with Crippen LogP contribution in [0.15, 0.2) is 11.6 Å². The molecule has 7 atom stereocenters. The molecule has 0 aromatic rings. The lowest BCUT2D eigenvalue weighted by molar-refractivity contribution is -0.145. The van der Waals surface area contributed by atoms with E-state index in [9.17, 15) is 15.0 Å². The van der Waals surface area contributed by atoms with Crippen LogP contribution in [0.2, 0.25) is 0 Å². The van der Waals surface area contributed by atoms with Crippen molar-refractivity contribution in [3.05, 3.63) is 11.6 Å². The first-order valence-corrected chi connectivity index (χ1v) is 10.3. The van der Waals surface area contributed by atoms with Gasteiger partial charge in [-0.15, -0.1) is 0 Å². The molecule has 0 unspecified atom stereocenters. The predicted molar refractivity (Wildman–Crippen MR) is 97.9 cm³/mol. The normalized spacial score (nSPS) is 52.0. The van der Waals surface area contributed by atoms with Crippen molar-refractivity contribution in [2.45, 2.75) is 78.2 Å². The smallest absolute Gasteiger partial charge is 0.138 e. The topological polar surface area (TPSA) is 57.5 Å². The van der Waals surface area contributed by atoms with Crippen LogP contribution >= 0.6 is 0 Å². The van der Waals surface area contributed by atoms with Crippen molar-refractivity contribution in [1.29, 1.82) is 0 Å². The monoisotopic (exact) mass is 346 g/mol. The van der Waals surface area contributed by atoms with E-state index in [0.29, 0.717) is 17.8 Å². The number of aliphatic hydroxyl groups excluding tert-OH is 2. The number of carbonyl (C=O) groups is 1. The van der Waals surface area contributed by atoms with Crippen LogP contribution in [0.4, 0.5) is 0 Å². The van der Waals surface area contributed by atoms with Gasteiger partial charge in [-0.1, -0.05) is 25.5 Å². The van der Waals surface area contributed by atoms with Gasteiger partial charge in [0.05, 0.1) is 18.1 Å². The Bertz CT molecular complexity index is 610. The molecule has 0 spiro atoms. The number of allylic oxidation sites excluding steroid dienone is 1. The Balaban J connectivity index is 1.70. The lowest BCUT2D eigenvalue weighted by Gasteiger charge is -2.59. The standard InChI is InChI=1S/C22H34O3/c1-14(24)22(13-23)11-8-19-17-5-4-15-12-16(25)6-9-20(15,2)18(17)7-10-21(19,22)3/h4,16-19,23,25H,5-13H2,1-3H3/t16-,17+,18-,19-,20-,21-,22-/m0/s1. The van der Waals surface area contributed by atoms with Gasteiger partial charge in [-0.3, -0.25) is 4.79 Å². The highest BCUT2D eigenvalue weighted by molar-refractivity contribution is 5.84.